The molecule has 2 heterocycles. The predicted octanol–water partition coefficient (Wildman–Crippen LogP) is 6.03. The Morgan fingerprint density at radius 1 is 1.03 bits per heavy atom. The van der Waals surface area contributed by atoms with E-state index >= 15 is 0 Å². The second-order valence-electron chi connectivity index (χ2n) is 11.1. The summed E-state index contributed by atoms with van der Waals surface area (Å²) < 4.78 is 18.4. The van der Waals surface area contributed by atoms with E-state index in [-0.39, 0.29) is 24.0 Å². The molecular weight excluding hydrogens is 520 g/mol. The van der Waals surface area contributed by atoms with Gasteiger partial charge in [-0.2, -0.15) is 4.90 Å². The molecule has 210 valence electrons. The average Bonchev–Trinajstić information content (AvgIpc) is 2.79. The van der Waals surface area contributed by atoms with Crippen molar-refractivity contribution < 1.29 is 23.8 Å². The monoisotopic (exact) mass is 556 g/mol. The molecule has 0 unspecified atom stereocenters. The number of rotatable bonds is 6. The summed E-state index contributed by atoms with van der Waals surface area (Å²) in [5, 5.41) is 0.715. The van der Waals surface area contributed by atoms with Gasteiger partial charge in [-0.05, 0) is 67.7 Å². The molecule has 0 saturated carbocycles. The maximum absolute atomic E-state index is 13.6. The third kappa shape index (κ3) is 7.72. The molecule has 3 rings (SSSR count). The highest BCUT2D eigenvalue weighted by molar-refractivity contribution is 7.98. The fraction of sp³-hybridized carbons (Fsp3) is 0.464. The number of fused-ring (bicyclic) bond motifs is 1. The topological polar surface area (TPSA) is 113 Å². The van der Waals surface area contributed by atoms with Crippen LogP contribution in [0.4, 0.5) is 15.3 Å². The van der Waals surface area contributed by atoms with Crippen molar-refractivity contribution in [2.24, 2.45) is 0 Å². The van der Waals surface area contributed by atoms with Crippen LogP contribution in [0.25, 0.3) is 11.0 Å². The average molecular weight is 557 g/mol. The van der Waals surface area contributed by atoms with E-state index < -0.39 is 28.9 Å². The number of ether oxygens (including phenoxy) is 3. The van der Waals surface area contributed by atoms with Crippen molar-refractivity contribution in [2.75, 3.05) is 11.2 Å². The molecule has 1 aromatic carbocycles. The van der Waals surface area contributed by atoms with Gasteiger partial charge in [0.1, 0.15) is 22.6 Å². The van der Waals surface area contributed by atoms with Gasteiger partial charge in [0.05, 0.1) is 23.7 Å². The van der Waals surface area contributed by atoms with E-state index in [0.29, 0.717) is 16.3 Å². The molecule has 0 saturated heterocycles. The molecule has 0 aliphatic rings. The summed E-state index contributed by atoms with van der Waals surface area (Å²) in [6.45, 7) is 14.1. The van der Waals surface area contributed by atoms with Gasteiger partial charge in [0.25, 0.3) is 5.56 Å². The van der Waals surface area contributed by atoms with Crippen molar-refractivity contribution in [3.05, 3.63) is 52.4 Å². The molecule has 3 aromatic rings. The molecule has 11 heteroatoms. The maximum Gasteiger partial charge on any atom is 0.424 e. The number of hydrogen-bond acceptors (Lipinski definition) is 9. The van der Waals surface area contributed by atoms with E-state index in [0.717, 1.165) is 10.5 Å². The molecule has 0 fully saturated rings. The van der Waals surface area contributed by atoms with Gasteiger partial charge in [-0.3, -0.25) is 9.36 Å². The van der Waals surface area contributed by atoms with Gasteiger partial charge in [-0.15, -0.1) is 0 Å². The summed E-state index contributed by atoms with van der Waals surface area (Å²) in [4.78, 5) is 49.9. The van der Waals surface area contributed by atoms with Crippen LogP contribution in [0.3, 0.4) is 0 Å². The Balaban J connectivity index is 2.26. The van der Waals surface area contributed by atoms with Crippen LogP contribution in [0.2, 0.25) is 0 Å². The minimum Gasteiger partial charge on any atom is -0.491 e. The fourth-order valence-electron chi connectivity index (χ4n) is 3.62. The van der Waals surface area contributed by atoms with Gasteiger partial charge in [-0.25, -0.2) is 19.6 Å². The Hall–Kier alpha value is -3.60. The van der Waals surface area contributed by atoms with Crippen LogP contribution in [0.5, 0.6) is 5.75 Å². The number of nitrogens with zero attached hydrogens (tertiary/aromatic N) is 4. The van der Waals surface area contributed by atoms with Crippen molar-refractivity contribution in [3.8, 4) is 5.75 Å². The Labute approximate surface area is 232 Å². The van der Waals surface area contributed by atoms with E-state index in [1.54, 1.807) is 41.5 Å². The van der Waals surface area contributed by atoms with Gasteiger partial charge in [0.15, 0.2) is 5.16 Å². The van der Waals surface area contributed by atoms with Crippen molar-refractivity contribution in [1.82, 2.24) is 14.5 Å². The van der Waals surface area contributed by atoms with Crippen LogP contribution in [-0.2, 0) is 16.0 Å². The number of amides is 2. The molecule has 0 radical (unpaired) electrons. The first kappa shape index (κ1) is 29.9. The summed E-state index contributed by atoms with van der Waals surface area (Å²) in [6.07, 6.45) is 1.26. The molecule has 2 aromatic heterocycles. The van der Waals surface area contributed by atoms with E-state index in [9.17, 15) is 14.4 Å². The smallest absolute Gasteiger partial charge is 0.424 e. The van der Waals surface area contributed by atoms with Gasteiger partial charge >= 0.3 is 12.2 Å². The largest absolute Gasteiger partial charge is 0.491 e. The molecule has 10 nitrogen and oxygen atoms in total. The number of hydrogen-bond donors (Lipinski definition) is 0. The molecule has 0 aliphatic heterocycles. The molecule has 0 N–H and O–H groups in total. The number of aromatic nitrogens is 3. The first-order valence-corrected chi connectivity index (χ1v) is 13.8. The summed E-state index contributed by atoms with van der Waals surface area (Å²) >= 11 is 1.30. The lowest BCUT2D eigenvalue weighted by molar-refractivity contribution is 0.0431. The number of carbonyl (C=O) groups is 2. The van der Waals surface area contributed by atoms with E-state index in [1.165, 1.54) is 28.6 Å². The molecular formula is C28H36N4O6S. The molecule has 0 atom stereocenters. The van der Waals surface area contributed by atoms with Gasteiger partial charge in [-0.1, -0.05) is 30.0 Å². The zero-order valence-electron chi connectivity index (χ0n) is 23.9. The minimum atomic E-state index is -0.986. The lowest BCUT2D eigenvalue weighted by Crippen LogP contribution is -2.44. The quantitative estimate of drug-likeness (QED) is 0.265. The van der Waals surface area contributed by atoms with Crippen LogP contribution in [0.1, 0.15) is 61.0 Å². The second kappa shape index (κ2) is 11.6. The molecule has 2 amide bonds. The van der Waals surface area contributed by atoms with Crippen molar-refractivity contribution in [1.29, 1.82) is 0 Å². The number of imide groups is 1. The lowest BCUT2D eigenvalue weighted by Gasteiger charge is -2.29. The maximum atomic E-state index is 13.6. The standard InChI is InChI=1S/C28H36N4O6S/c1-17(2)36-21-13-11-10-12-18(21)16-31-22(33)14-20(19-15-29-24(39-9)30-23(19)31)32(25(34)37-27(3,4)5)26(35)38-28(6,7)8/h10-15,17H,16H2,1-9H3. The van der Waals surface area contributed by atoms with E-state index in [1.807, 2.05) is 44.4 Å². The first-order valence-electron chi connectivity index (χ1n) is 12.5. The third-order valence-electron chi connectivity index (χ3n) is 5.04. The Morgan fingerprint density at radius 3 is 2.15 bits per heavy atom. The first-order chi connectivity index (χ1) is 18.1. The summed E-state index contributed by atoms with van der Waals surface area (Å²) in [5.41, 5.74) is -1.33. The Morgan fingerprint density at radius 2 is 1.62 bits per heavy atom. The fourth-order valence-corrected chi connectivity index (χ4v) is 3.95. The van der Waals surface area contributed by atoms with E-state index in [4.69, 9.17) is 14.2 Å². The predicted molar refractivity (Wildman–Crippen MR) is 152 cm³/mol. The Kier molecular flexibility index (Phi) is 8.94. The van der Waals surface area contributed by atoms with Crippen molar-refractivity contribution in [2.45, 2.75) is 84.4 Å². The summed E-state index contributed by atoms with van der Waals surface area (Å²) in [5.74, 6) is 0.639. The highest BCUT2D eigenvalue weighted by Gasteiger charge is 2.35. The van der Waals surface area contributed by atoms with E-state index in [2.05, 4.69) is 9.97 Å². The highest BCUT2D eigenvalue weighted by atomic mass is 32.2. The zero-order chi connectivity index (χ0) is 29.1. The minimum absolute atomic E-state index is 0.0332. The van der Waals surface area contributed by atoms with Gasteiger partial charge < -0.3 is 14.2 Å². The molecule has 39 heavy (non-hydrogen) atoms. The normalized spacial score (nSPS) is 11.9. The summed E-state index contributed by atoms with van der Waals surface area (Å²) in [6, 6.07) is 8.63. The number of benzene rings is 1. The van der Waals surface area contributed by atoms with Crippen LogP contribution >= 0.6 is 11.8 Å². The van der Waals surface area contributed by atoms with Crippen LogP contribution < -0.4 is 15.2 Å². The van der Waals surface area contributed by atoms with Gasteiger partial charge in [0.2, 0.25) is 0 Å². The lowest BCUT2D eigenvalue weighted by atomic mass is 10.1. The Bertz CT molecular complexity index is 1390. The number of carbonyl (C=O) groups excluding carboxylic acids is 2. The SMILES string of the molecule is CSc1ncc2c(N(C(=O)OC(C)(C)C)C(=O)OC(C)(C)C)cc(=O)n(Cc3ccccc3OC(C)C)c2n1. The zero-order valence-corrected chi connectivity index (χ0v) is 24.7. The molecule has 0 spiro atoms. The molecule has 0 bridgehead atoms. The van der Waals surface area contributed by atoms with Crippen molar-refractivity contribution >= 4 is 40.7 Å². The molecule has 0 aliphatic carbocycles. The van der Waals surface area contributed by atoms with Crippen LogP contribution in [-0.4, -0.2) is 50.3 Å². The van der Waals surface area contributed by atoms with Crippen LogP contribution in [0, 0.1) is 0 Å². The summed E-state index contributed by atoms with van der Waals surface area (Å²) in [7, 11) is 0. The highest BCUT2D eigenvalue weighted by Crippen LogP contribution is 2.30. The van der Waals surface area contributed by atoms with Crippen molar-refractivity contribution in [3.63, 3.8) is 0 Å². The number of thioether (sulfide) groups is 1. The second-order valence-corrected chi connectivity index (χ2v) is 11.9. The third-order valence-corrected chi connectivity index (χ3v) is 5.61. The van der Waals surface area contributed by atoms with Crippen LogP contribution in [0.15, 0.2) is 46.5 Å². The van der Waals surface area contributed by atoms with Gasteiger partial charge in [0, 0.05) is 17.8 Å². The number of pyridine rings is 1. The number of anilines is 1. The number of para-hydroxylation sites is 1.